The number of carbonyl (C=O) groups is 2. The second kappa shape index (κ2) is 14.9. The van der Waals surface area contributed by atoms with Crippen LogP contribution in [0.2, 0.25) is 0 Å². The number of alkyl halides is 3. The Balaban J connectivity index is 0.000000275. The number of amides is 2. The van der Waals surface area contributed by atoms with Crippen LogP contribution < -0.4 is 16.0 Å². The SMILES string of the molecule is CCSc1cccc(-c2ccc(N3CCC=CC3=O)cc2)c1.CN.O=CNc1ccc(C(F)(F)F)cc1. The summed E-state index contributed by atoms with van der Waals surface area (Å²) in [6, 6.07) is 21.0. The van der Waals surface area contributed by atoms with Crippen LogP contribution in [-0.2, 0) is 15.8 Å². The summed E-state index contributed by atoms with van der Waals surface area (Å²) in [4.78, 5) is 24.9. The van der Waals surface area contributed by atoms with Crippen molar-refractivity contribution in [1.29, 1.82) is 0 Å². The van der Waals surface area contributed by atoms with Crippen molar-refractivity contribution >= 4 is 35.5 Å². The van der Waals surface area contributed by atoms with Crippen LogP contribution >= 0.6 is 11.8 Å². The van der Waals surface area contributed by atoms with E-state index >= 15 is 0 Å². The molecule has 5 nitrogen and oxygen atoms in total. The molecule has 3 aromatic rings. The molecule has 1 aliphatic heterocycles. The minimum Gasteiger partial charge on any atom is -0.333 e. The quantitative estimate of drug-likeness (QED) is 0.278. The van der Waals surface area contributed by atoms with Gasteiger partial charge in [0.2, 0.25) is 6.41 Å². The molecule has 0 unspecified atom stereocenters. The molecule has 196 valence electrons. The van der Waals surface area contributed by atoms with E-state index in [1.54, 1.807) is 6.08 Å². The Morgan fingerprint density at radius 1 is 1.00 bits per heavy atom. The molecule has 3 aromatic carbocycles. The van der Waals surface area contributed by atoms with Gasteiger partial charge in [-0.25, -0.2) is 0 Å². The van der Waals surface area contributed by atoms with E-state index in [-0.39, 0.29) is 5.91 Å². The topological polar surface area (TPSA) is 75.4 Å². The molecule has 1 aliphatic rings. The summed E-state index contributed by atoms with van der Waals surface area (Å²) < 4.78 is 36.0. The number of hydrogen-bond donors (Lipinski definition) is 2. The predicted octanol–water partition coefficient (Wildman–Crippen LogP) is 6.61. The molecular formula is C28H30F3N3O2S. The molecule has 9 heteroatoms. The van der Waals surface area contributed by atoms with Gasteiger partial charge in [-0.1, -0.05) is 37.3 Å². The molecule has 0 bridgehead atoms. The van der Waals surface area contributed by atoms with Gasteiger partial charge in [0.1, 0.15) is 0 Å². The molecule has 0 aromatic heterocycles. The maximum atomic E-state index is 12.0. The van der Waals surface area contributed by atoms with Crippen molar-refractivity contribution in [3.8, 4) is 11.1 Å². The van der Waals surface area contributed by atoms with E-state index in [4.69, 9.17) is 0 Å². The van der Waals surface area contributed by atoms with Crippen LogP contribution in [-0.4, -0.2) is 31.7 Å². The number of nitrogens with one attached hydrogen (secondary N) is 1. The van der Waals surface area contributed by atoms with Crippen LogP contribution in [0, 0.1) is 0 Å². The fourth-order valence-corrected chi connectivity index (χ4v) is 4.15. The zero-order valence-electron chi connectivity index (χ0n) is 20.7. The molecule has 0 saturated carbocycles. The monoisotopic (exact) mass is 529 g/mol. The summed E-state index contributed by atoms with van der Waals surface area (Å²) in [5, 5.41) is 2.24. The van der Waals surface area contributed by atoms with Crippen LogP contribution in [0.3, 0.4) is 0 Å². The maximum Gasteiger partial charge on any atom is 0.416 e. The van der Waals surface area contributed by atoms with Gasteiger partial charge in [0.25, 0.3) is 5.91 Å². The summed E-state index contributed by atoms with van der Waals surface area (Å²) in [6.07, 6.45) is 0.582. The lowest BCUT2D eigenvalue weighted by molar-refractivity contribution is -0.137. The van der Waals surface area contributed by atoms with E-state index in [1.165, 1.54) is 35.2 Å². The van der Waals surface area contributed by atoms with E-state index in [0.29, 0.717) is 12.1 Å². The molecule has 0 saturated heterocycles. The van der Waals surface area contributed by atoms with E-state index in [0.717, 1.165) is 36.5 Å². The Labute approximate surface area is 219 Å². The van der Waals surface area contributed by atoms with Crippen molar-refractivity contribution in [2.24, 2.45) is 5.73 Å². The number of halogens is 3. The van der Waals surface area contributed by atoms with Gasteiger partial charge in [-0.15, -0.1) is 11.8 Å². The first-order chi connectivity index (χ1) is 17.8. The van der Waals surface area contributed by atoms with E-state index in [2.05, 4.69) is 54.4 Å². The van der Waals surface area contributed by atoms with Gasteiger partial charge >= 0.3 is 6.18 Å². The van der Waals surface area contributed by atoms with Crippen molar-refractivity contribution in [3.05, 3.63) is 90.5 Å². The first-order valence-corrected chi connectivity index (χ1v) is 12.6. The first-order valence-electron chi connectivity index (χ1n) is 11.6. The fourth-order valence-electron chi connectivity index (χ4n) is 3.43. The van der Waals surface area contributed by atoms with Gasteiger partial charge in [0.15, 0.2) is 0 Å². The number of nitrogens with two attached hydrogens (primary N) is 1. The smallest absolute Gasteiger partial charge is 0.333 e. The molecule has 2 amide bonds. The second-order valence-corrected chi connectivity index (χ2v) is 8.86. The number of nitrogens with zero attached hydrogens (tertiary/aromatic N) is 1. The van der Waals surface area contributed by atoms with Crippen molar-refractivity contribution in [2.45, 2.75) is 24.4 Å². The van der Waals surface area contributed by atoms with Crippen LogP contribution in [0.25, 0.3) is 11.1 Å². The maximum absolute atomic E-state index is 12.0. The van der Waals surface area contributed by atoms with Crippen molar-refractivity contribution < 1.29 is 22.8 Å². The average molecular weight is 530 g/mol. The molecule has 0 atom stereocenters. The Bertz CT molecular complexity index is 1160. The minimum absolute atomic E-state index is 0.0698. The van der Waals surface area contributed by atoms with Crippen molar-refractivity contribution in [2.75, 3.05) is 29.6 Å². The van der Waals surface area contributed by atoms with Gasteiger partial charge in [-0.3, -0.25) is 9.59 Å². The second-order valence-electron chi connectivity index (χ2n) is 7.53. The lowest BCUT2D eigenvalue weighted by atomic mass is 10.0. The zero-order valence-corrected chi connectivity index (χ0v) is 21.5. The highest BCUT2D eigenvalue weighted by atomic mass is 32.2. The standard InChI is InChI=1S/C19H19NOS.C8H6F3NO.CH5N/c1-2-22-18-7-5-6-16(14-18)15-9-11-17(12-10-15)20-13-4-3-8-19(20)21;9-8(10,11)6-1-3-7(4-2-6)12-5-13;1-2/h3,5-12,14H,2,4,13H2,1H3;1-5H,(H,12,13);2H2,1H3. The fraction of sp³-hybridized carbons (Fsp3) is 0.214. The summed E-state index contributed by atoms with van der Waals surface area (Å²) in [6.45, 7) is 2.92. The Morgan fingerprint density at radius 2 is 1.68 bits per heavy atom. The van der Waals surface area contributed by atoms with Crippen LogP contribution in [0.1, 0.15) is 18.9 Å². The minimum atomic E-state index is -4.33. The summed E-state index contributed by atoms with van der Waals surface area (Å²) in [7, 11) is 1.50. The van der Waals surface area contributed by atoms with Crippen molar-refractivity contribution in [3.63, 3.8) is 0 Å². The molecular weight excluding hydrogens is 499 g/mol. The highest BCUT2D eigenvalue weighted by molar-refractivity contribution is 7.99. The number of hydrogen-bond acceptors (Lipinski definition) is 4. The van der Waals surface area contributed by atoms with Crippen molar-refractivity contribution in [1.82, 2.24) is 0 Å². The van der Waals surface area contributed by atoms with Gasteiger partial charge in [0.05, 0.1) is 5.56 Å². The third-order valence-corrected chi connectivity index (χ3v) is 6.02. The van der Waals surface area contributed by atoms with Gasteiger partial charge < -0.3 is 16.0 Å². The van der Waals surface area contributed by atoms with E-state index < -0.39 is 11.7 Å². The number of benzene rings is 3. The lowest BCUT2D eigenvalue weighted by Crippen LogP contribution is -2.32. The summed E-state index contributed by atoms with van der Waals surface area (Å²) in [5.41, 5.74) is 7.47. The Hall–Kier alpha value is -3.56. The molecule has 0 radical (unpaired) electrons. The van der Waals surface area contributed by atoms with Crippen LogP contribution in [0.5, 0.6) is 0 Å². The van der Waals surface area contributed by atoms with Crippen LogP contribution in [0.4, 0.5) is 24.5 Å². The third kappa shape index (κ3) is 9.11. The number of carbonyl (C=O) groups excluding carboxylic acids is 2. The molecule has 0 aliphatic carbocycles. The number of rotatable bonds is 6. The van der Waals surface area contributed by atoms with E-state index in [9.17, 15) is 22.8 Å². The summed E-state index contributed by atoms with van der Waals surface area (Å²) in [5.74, 6) is 1.15. The first kappa shape index (κ1) is 29.7. The largest absolute Gasteiger partial charge is 0.416 e. The molecule has 3 N–H and O–H groups in total. The predicted molar refractivity (Wildman–Crippen MR) is 146 cm³/mol. The highest BCUT2D eigenvalue weighted by Gasteiger charge is 2.29. The van der Waals surface area contributed by atoms with Crippen LogP contribution in [0.15, 0.2) is 89.8 Å². The van der Waals surface area contributed by atoms with Gasteiger partial charge in [0, 0.05) is 22.8 Å². The number of anilines is 2. The summed E-state index contributed by atoms with van der Waals surface area (Å²) >= 11 is 1.85. The van der Waals surface area contributed by atoms with Gasteiger partial charge in [-0.05, 0) is 85.0 Å². The Kier molecular flexibility index (Phi) is 11.9. The molecule has 0 spiro atoms. The average Bonchev–Trinajstić information content (AvgIpc) is 2.91. The zero-order chi connectivity index (χ0) is 27.3. The Morgan fingerprint density at radius 3 is 2.24 bits per heavy atom. The highest BCUT2D eigenvalue weighted by Crippen LogP contribution is 2.30. The number of thioether (sulfide) groups is 1. The van der Waals surface area contributed by atoms with Gasteiger partial charge in [-0.2, -0.15) is 13.2 Å². The molecule has 4 rings (SSSR count). The normalized spacial score (nSPS) is 12.6. The third-order valence-electron chi connectivity index (χ3n) is 5.14. The van der Waals surface area contributed by atoms with E-state index in [1.807, 2.05) is 34.9 Å². The lowest BCUT2D eigenvalue weighted by Gasteiger charge is -2.23. The molecule has 0 fully saturated rings. The molecule has 1 heterocycles. The molecule has 37 heavy (non-hydrogen) atoms.